The van der Waals surface area contributed by atoms with Crippen molar-refractivity contribution in [2.75, 3.05) is 5.32 Å². The number of benzene rings is 1. The maximum Gasteiger partial charge on any atom is 0.338 e. The molecule has 1 aromatic rings. The summed E-state index contributed by atoms with van der Waals surface area (Å²) in [6.45, 7) is 0. The number of hydrogen-bond acceptors (Lipinski definition) is 5. The van der Waals surface area contributed by atoms with E-state index in [4.69, 9.17) is 0 Å². The normalized spacial score (nSPS) is 22.3. The summed E-state index contributed by atoms with van der Waals surface area (Å²) in [6, 6.07) is 3.56. The van der Waals surface area contributed by atoms with Crippen molar-refractivity contribution in [2.45, 2.75) is 44.2 Å². The summed E-state index contributed by atoms with van der Waals surface area (Å²) in [6.07, 6.45) is 3.44. The summed E-state index contributed by atoms with van der Waals surface area (Å²) >= 11 is 0. The number of nitro groups is 1. The number of anilines is 1. The predicted molar refractivity (Wildman–Crippen MR) is 76.6 cm³/mol. The molecule has 114 valence electrons. The zero-order chi connectivity index (χ0) is 15.4. The number of aliphatic hydroxyl groups is 1. The van der Waals surface area contributed by atoms with Crippen molar-refractivity contribution in [1.82, 2.24) is 0 Å². The molecule has 0 radical (unpaired) electrons. The molecule has 1 aromatic carbocycles. The van der Waals surface area contributed by atoms with Crippen LogP contribution in [0.5, 0.6) is 0 Å². The molecule has 21 heavy (non-hydrogen) atoms. The van der Waals surface area contributed by atoms with E-state index < -0.39 is 17.0 Å². The second kappa shape index (κ2) is 6.53. The van der Waals surface area contributed by atoms with E-state index >= 15 is 0 Å². The van der Waals surface area contributed by atoms with Crippen molar-refractivity contribution in [3.8, 4) is 0 Å². The van der Waals surface area contributed by atoms with E-state index in [0.29, 0.717) is 12.8 Å². The number of rotatable bonds is 4. The van der Waals surface area contributed by atoms with Crippen molar-refractivity contribution < 1.29 is 19.9 Å². The highest BCUT2D eigenvalue weighted by Gasteiger charge is 2.27. The summed E-state index contributed by atoms with van der Waals surface area (Å²) in [5.74, 6) is -1.23. The molecule has 0 spiro atoms. The van der Waals surface area contributed by atoms with Crippen molar-refractivity contribution in [2.24, 2.45) is 0 Å². The molecule has 2 unspecified atom stereocenters. The van der Waals surface area contributed by atoms with Crippen LogP contribution in [0.4, 0.5) is 11.4 Å². The number of aromatic carboxylic acids is 1. The van der Waals surface area contributed by atoms with Gasteiger partial charge in [-0.15, -0.1) is 0 Å². The first-order valence-corrected chi connectivity index (χ1v) is 6.96. The van der Waals surface area contributed by atoms with Crippen molar-refractivity contribution in [3.63, 3.8) is 0 Å². The standard InChI is InChI=1S/C14H18N2O5/c17-12-8-3-1-2-6-10(12)15-13-9(14(18)19)5-4-7-11(13)16(20)21/h4-5,7,10,12,15,17H,1-3,6,8H2,(H,18,19). The largest absolute Gasteiger partial charge is 0.478 e. The van der Waals surface area contributed by atoms with Gasteiger partial charge in [0.2, 0.25) is 0 Å². The first-order chi connectivity index (χ1) is 10.0. The van der Waals surface area contributed by atoms with Gasteiger partial charge < -0.3 is 15.5 Å². The number of carbonyl (C=O) groups is 1. The average molecular weight is 294 g/mol. The van der Waals surface area contributed by atoms with Crippen molar-refractivity contribution in [3.05, 3.63) is 33.9 Å². The smallest absolute Gasteiger partial charge is 0.338 e. The third kappa shape index (κ3) is 3.49. The highest BCUT2D eigenvalue weighted by Crippen LogP contribution is 2.31. The van der Waals surface area contributed by atoms with Crippen LogP contribution in [-0.4, -0.2) is 33.3 Å². The van der Waals surface area contributed by atoms with Gasteiger partial charge in [-0.3, -0.25) is 10.1 Å². The number of aliphatic hydroxyl groups excluding tert-OH is 1. The molecule has 0 amide bonds. The number of nitrogens with zero attached hydrogens (tertiary/aromatic N) is 1. The zero-order valence-corrected chi connectivity index (χ0v) is 11.5. The summed E-state index contributed by atoms with van der Waals surface area (Å²) in [5.41, 5.74) is -0.465. The fourth-order valence-corrected chi connectivity index (χ4v) is 2.66. The molecule has 0 aromatic heterocycles. The second-order valence-electron chi connectivity index (χ2n) is 5.22. The third-order valence-corrected chi connectivity index (χ3v) is 3.78. The number of hydrogen-bond donors (Lipinski definition) is 3. The minimum atomic E-state index is -1.23. The lowest BCUT2D eigenvalue weighted by molar-refractivity contribution is -0.384. The van der Waals surface area contributed by atoms with E-state index in [1.807, 2.05) is 0 Å². The van der Waals surface area contributed by atoms with Crippen LogP contribution in [0.2, 0.25) is 0 Å². The maximum absolute atomic E-state index is 11.3. The van der Waals surface area contributed by atoms with Crippen LogP contribution in [0, 0.1) is 10.1 Å². The Bertz CT molecular complexity index is 514. The lowest BCUT2D eigenvalue weighted by Gasteiger charge is -2.23. The van der Waals surface area contributed by atoms with Crippen LogP contribution >= 0.6 is 0 Å². The van der Waals surface area contributed by atoms with Gasteiger partial charge in [0.25, 0.3) is 5.69 Å². The van der Waals surface area contributed by atoms with E-state index in [1.165, 1.54) is 18.2 Å². The first kappa shape index (κ1) is 15.2. The van der Waals surface area contributed by atoms with E-state index in [2.05, 4.69) is 5.32 Å². The Balaban J connectivity index is 2.36. The fourth-order valence-electron chi connectivity index (χ4n) is 2.66. The van der Waals surface area contributed by atoms with Gasteiger partial charge >= 0.3 is 5.97 Å². The highest BCUT2D eigenvalue weighted by atomic mass is 16.6. The number of nitro benzene ring substituents is 1. The van der Waals surface area contributed by atoms with Crippen LogP contribution in [0.15, 0.2) is 18.2 Å². The minimum absolute atomic E-state index is 0.0269. The van der Waals surface area contributed by atoms with Crippen molar-refractivity contribution in [1.29, 1.82) is 0 Å². The summed E-state index contributed by atoms with van der Waals surface area (Å²) < 4.78 is 0. The lowest BCUT2D eigenvalue weighted by atomic mass is 10.0. The molecular formula is C14H18N2O5. The molecule has 1 aliphatic carbocycles. The molecule has 2 rings (SSSR count). The molecule has 0 heterocycles. The molecule has 1 aliphatic rings. The lowest BCUT2D eigenvalue weighted by Crippen LogP contribution is -2.33. The van der Waals surface area contributed by atoms with Gasteiger partial charge in [0.1, 0.15) is 5.69 Å². The Morgan fingerprint density at radius 1 is 1.29 bits per heavy atom. The SMILES string of the molecule is O=C(O)c1cccc([N+](=O)[O-])c1NC1CCCCCC1O. The summed E-state index contributed by atoms with van der Waals surface area (Å²) in [4.78, 5) is 21.7. The number of carboxylic acids is 1. The van der Waals surface area contributed by atoms with Gasteiger partial charge in [-0.2, -0.15) is 0 Å². The molecule has 7 heteroatoms. The van der Waals surface area contributed by atoms with Gasteiger partial charge in [-0.05, 0) is 18.9 Å². The molecule has 1 saturated carbocycles. The quantitative estimate of drug-likeness (QED) is 0.446. The van der Waals surface area contributed by atoms with E-state index in [-0.39, 0.29) is 23.0 Å². The van der Waals surface area contributed by atoms with Gasteiger partial charge in [-0.1, -0.05) is 25.3 Å². The minimum Gasteiger partial charge on any atom is -0.478 e. The monoisotopic (exact) mass is 294 g/mol. The van der Waals surface area contributed by atoms with Gasteiger partial charge in [0, 0.05) is 6.07 Å². The van der Waals surface area contributed by atoms with Crippen LogP contribution in [-0.2, 0) is 0 Å². The number of carboxylic acid groups (broad SMARTS) is 1. The number of nitrogens with one attached hydrogen (secondary N) is 1. The van der Waals surface area contributed by atoms with Crippen LogP contribution in [0.3, 0.4) is 0 Å². The molecule has 1 fully saturated rings. The van der Waals surface area contributed by atoms with Gasteiger partial charge in [0.15, 0.2) is 0 Å². The van der Waals surface area contributed by atoms with E-state index in [0.717, 1.165) is 19.3 Å². The Hall–Kier alpha value is -2.15. The zero-order valence-electron chi connectivity index (χ0n) is 11.5. The van der Waals surface area contributed by atoms with Crippen LogP contribution in [0.1, 0.15) is 42.5 Å². The summed E-state index contributed by atoms with van der Waals surface area (Å²) in [7, 11) is 0. The third-order valence-electron chi connectivity index (χ3n) is 3.78. The Labute approximate surface area is 121 Å². The molecule has 0 aliphatic heterocycles. The molecule has 3 N–H and O–H groups in total. The first-order valence-electron chi connectivity index (χ1n) is 6.96. The molecule has 7 nitrogen and oxygen atoms in total. The average Bonchev–Trinajstić information content (AvgIpc) is 2.64. The molecule has 2 atom stereocenters. The Kier molecular flexibility index (Phi) is 4.74. The second-order valence-corrected chi connectivity index (χ2v) is 5.22. The maximum atomic E-state index is 11.3. The van der Waals surface area contributed by atoms with Crippen LogP contribution < -0.4 is 5.32 Å². The van der Waals surface area contributed by atoms with E-state index in [1.54, 1.807) is 0 Å². The van der Waals surface area contributed by atoms with E-state index in [9.17, 15) is 25.1 Å². The van der Waals surface area contributed by atoms with Crippen molar-refractivity contribution >= 4 is 17.3 Å². The Morgan fingerprint density at radius 3 is 2.67 bits per heavy atom. The highest BCUT2D eigenvalue weighted by molar-refractivity contribution is 5.96. The Morgan fingerprint density at radius 2 is 2.00 bits per heavy atom. The molecular weight excluding hydrogens is 276 g/mol. The fraction of sp³-hybridized carbons (Fsp3) is 0.500. The number of para-hydroxylation sites is 1. The summed E-state index contributed by atoms with van der Waals surface area (Å²) in [5, 5.41) is 33.3. The van der Waals surface area contributed by atoms with Gasteiger partial charge in [0.05, 0.1) is 22.6 Å². The van der Waals surface area contributed by atoms with Gasteiger partial charge in [-0.25, -0.2) is 4.79 Å². The topological polar surface area (TPSA) is 113 Å². The molecule has 0 saturated heterocycles. The predicted octanol–water partition coefficient (Wildman–Crippen LogP) is 2.40. The van der Waals surface area contributed by atoms with Crippen LogP contribution in [0.25, 0.3) is 0 Å². The molecule has 0 bridgehead atoms.